The zero-order valence-electron chi connectivity index (χ0n) is 6.71. The van der Waals surface area contributed by atoms with E-state index >= 15 is 0 Å². The summed E-state index contributed by atoms with van der Waals surface area (Å²) in [7, 11) is 0. The van der Waals surface area contributed by atoms with E-state index in [1.807, 2.05) is 0 Å². The lowest BCUT2D eigenvalue weighted by molar-refractivity contribution is -0.136. The molecule has 0 aliphatic heterocycles. The van der Waals surface area contributed by atoms with Gasteiger partial charge in [0.25, 0.3) is 5.56 Å². The molecule has 2 nitrogen and oxygen atoms in total. The molecule has 1 rings (SSSR count). The van der Waals surface area contributed by atoms with Crippen molar-refractivity contribution in [2.24, 2.45) is 0 Å². The summed E-state index contributed by atoms with van der Waals surface area (Å²) in [5, 5.41) is 0. The number of hydrogen-bond donors (Lipinski definition) is 0. The summed E-state index contributed by atoms with van der Waals surface area (Å²) in [5.41, 5.74) is -0.410. The van der Waals surface area contributed by atoms with Crippen molar-refractivity contribution in [2.45, 2.75) is 19.1 Å². The smallest absolute Gasteiger partial charge is 0.315 e. The molecule has 0 fully saturated rings. The highest BCUT2D eigenvalue weighted by atomic mass is 19.4. The molecule has 0 spiro atoms. The van der Waals surface area contributed by atoms with Crippen molar-refractivity contribution in [3.05, 3.63) is 34.7 Å². The van der Waals surface area contributed by atoms with Gasteiger partial charge in [-0.2, -0.15) is 13.2 Å². The molecule has 1 aromatic rings. The van der Waals surface area contributed by atoms with Crippen molar-refractivity contribution in [2.75, 3.05) is 0 Å². The molecule has 0 unspecified atom stereocenters. The third kappa shape index (κ3) is 3.31. The fraction of sp³-hybridized carbons (Fsp3) is 0.375. The van der Waals surface area contributed by atoms with Crippen LogP contribution in [0.15, 0.2) is 29.2 Å². The van der Waals surface area contributed by atoms with Crippen molar-refractivity contribution in [1.29, 1.82) is 0 Å². The van der Waals surface area contributed by atoms with Crippen LogP contribution >= 0.6 is 0 Å². The minimum Gasteiger partial charge on any atom is -0.315 e. The van der Waals surface area contributed by atoms with Gasteiger partial charge in [-0.3, -0.25) is 4.79 Å². The van der Waals surface area contributed by atoms with Gasteiger partial charge in [-0.1, -0.05) is 6.07 Å². The first-order valence-corrected chi connectivity index (χ1v) is 3.71. The molecule has 0 amide bonds. The van der Waals surface area contributed by atoms with Crippen LogP contribution in [0.3, 0.4) is 0 Å². The summed E-state index contributed by atoms with van der Waals surface area (Å²) in [5.74, 6) is 0. The monoisotopic (exact) mass is 191 g/mol. The number of rotatable bonds is 2. The highest BCUT2D eigenvalue weighted by molar-refractivity contribution is 4.93. The second kappa shape index (κ2) is 3.64. The summed E-state index contributed by atoms with van der Waals surface area (Å²) < 4.78 is 36.3. The summed E-state index contributed by atoms with van der Waals surface area (Å²) in [6, 6.07) is 4.25. The van der Waals surface area contributed by atoms with Gasteiger partial charge in [-0.25, -0.2) is 0 Å². The zero-order chi connectivity index (χ0) is 9.90. The number of hydrogen-bond acceptors (Lipinski definition) is 1. The fourth-order valence-electron chi connectivity index (χ4n) is 0.893. The maximum absolute atomic E-state index is 11.8. The molecule has 1 aromatic heterocycles. The van der Waals surface area contributed by atoms with Crippen LogP contribution in [0.25, 0.3) is 0 Å². The maximum atomic E-state index is 11.8. The molecule has 0 N–H and O–H groups in total. The van der Waals surface area contributed by atoms with Gasteiger partial charge in [0.05, 0.1) is 6.42 Å². The minimum atomic E-state index is -4.21. The molecule has 0 bridgehead atoms. The number of aromatic nitrogens is 1. The number of aryl methyl sites for hydroxylation is 1. The normalized spacial score (nSPS) is 11.6. The van der Waals surface area contributed by atoms with Crippen LogP contribution in [0, 0.1) is 0 Å². The van der Waals surface area contributed by atoms with Crippen LogP contribution in [0.1, 0.15) is 6.42 Å². The summed E-state index contributed by atoms with van der Waals surface area (Å²) in [6.45, 7) is -0.316. The summed E-state index contributed by atoms with van der Waals surface area (Å²) in [6.07, 6.45) is -3.85. The second-order valence-corrected chi connectivity index (χ2v) is 2.60. The first kappa shape index (κ1) is 9.83. The van der Waals surface area contributed by atoms with Gasteiger partial charge in [0.1, 0.15) is 0 Å². The topological polar surface area (TPSA) is 22.0 Å². The number of pyridine rings is 1. The summed E-state index contributed by atoms with van der Waals surface area (Å²) in [4.78, 5) is 10.9. The maximum Gasteiger partial charge on any atom is 0.390 e. The molecule has 0 aromatic carbocycles. The molecule has 0 aliphatic rings. The van der Waals surface area contributed by atoms with Crippen molar-refractivity contribution in [1.82, 2.24) is 4.57 Å². The van der Waals surface area contributed by atoms with Gasteiger partial charge in [0, 0.05) is 18.8 Å². The fourth-order valence-corrected chi connectivity index (χ4v) is 0.893. The number of alkyl halides is 3. The highest BCUT2D eigenvalue weighted by Crippen LogP contribution is 2.19. The van der Waals surface area contributed by atoms with E-state index in [2.05, 4.69) is 0 Å². The van der Waals surface area contributed by atoms with E-state index in [0.29, 0.717) is 0 Å². The van der Waals surface area contributed by atoms with Crippen LogP contribution in [-0.4, -0.2) is 10.7 Å². The van der Waals surface area contributed by atoms with Crippen molar-refractivity contribution < 1.29 is 13.2 Å². The molecule has 13 heavy (non-hydrogen) atoms. The standard InChI is InChI=1S/C8H8F3NO/c9-8(10,11)4-6-12-5-2-1-3-7(12)13/h1-3,5H,4,6H2. The van der Waals surface area contributed by atoms with E-state index in [4.69, 9.17) is 0 Å². The Morgan fingerprint density at radius 3 is 2.54 bits per heavy atom. The van der Waals surface area contributed by atoms with Crippen LogP contribution in [0.5, 0.6) is 0 Å². The van der Waals surface area contributed by atoms with Crippen LogP contribution in [0.2, 0.25) is 0 Å². The molecule has 0 saturated carbocycles. The minimum absolute atomic E-state index is 0.316. The molecule has 1 heterocycles. The Bertz CT molecular complexity index is 329. The third-order valence-electron chi connectivity index (χ3n) is 1.54. The summed E-state index contributed by atoms with van der Waals surface area (Å²) >= 11 is 0. The molecule has 72 valence electrons. The highest BCUT2D eigenvalue weighted by Gasteiger charge is 2.26. The van der Waals surface area contributed by atoms with Gasteiger partial charge in [-0.15, -0.1) is 0 Å². The SMILES string of the molecule is O=c1ccccn1CCC(F)(F)F. The Balaban J connectivity index is 2.66. The first-order chi connectivity index (χ1) is 5.99. The predicted molar refractivity (Wildman–Crippen MR) is 41.4 cm³/mol. The average Bonchev–Trinajstić information content (AvgIpc) is 2.01. The lowest BCUT2D eigenvalue weighted by Crippen LogP contribution is -2.21. The van der Waals surface area contributed by atoms with E-state index in [9.17, 15) is 18.0 Å². The number of nitrogens with zero attached hydrogens (tertiary/aromatic N) is 1. The molecular weight excluding hydrogens is 183 g/mol. The lowest BCUT2D eigenvalue weighted by Gasteiger charge is -2.07. The largest absolute Gasteiger partial charge is 0.390 e. The van der Waals surface area contributed by atoms with Crippen LogP contribution in [-0.2, 0) is 6.54 Å². The quantitative estimate of drug-likeness (QED) is 0.698. The Morgan fingerprint density at radius 1 is 1.31 bits per heavy atom. The predicted octanol–water partition coefficient (Wildman–Crippen LogP) is 1.80. The van der Waals surface area contributed by atoms with Crippen molar-refractivity contribution in [3.8, 4) is 0 Å². The Morgan fingerprint density at radius 2 is 2.00 bits per heavy atom. The molecule has 5 heteroatoms. The van der Waals surface area contributed by atoms with Crippen molar-refractivity contribution in [3.63, 3.8) is 0 Å². The van der Waals surface area contributed by atoms with Gasteiger partial charge >= 0.3 is 6.18 Å². The first-order valence-electron chi connectivity index (χ1n) is 3.71. The van der Waals surface area contributed by atoms with Gasteiger partial charge in [0.15, 0.2) is 0 Å². The van der Waals surface area contributed by atoms with Crippen LogP contribution in [0.4, 0.5) is 13.2 Å². The molecule has 0 saturated heterocycles. The zero-order valence-corrected chi connectivity index (χ0v) is 6.71. The van der Waals surface area contributed by atoms with E-state index < -0.39 is 18.2 Å². The van der Waals surface area contributed by atoms with E-state index in [-0.39, 0.29) is 6.54 Å². The Labute approximate surface area is 72.6 Å². The van der Waals surface area contributed by atoms with E-state index in [0.717, 1.165) is 4.57 Å². The van der Waals surface area contributed by atoms with Gasteiger partial charge in [-0.05, 0) is 6.07 Å². The molecule has 0 aliphatic carbocycles. The van der Waals surface area contributed by atoms with Crippen molar-refractivity contribution >= 4 is 0 Å². The molecule has 0 radical (unpaired) electrons. The third-order valence-corrected chi connectivity index (χ3v) is 1.54. The van der Waals surface area contributed by atoms with Gasteiger partial charge in [0.2, 0.25) is 0 Å². The molecule has 0 atom stereocenters. The van der Waals surface area contributed by atoms with Crippen LogP contribution < -0.4 is 5.56 Å². The number of halogens is 3. The van der Waals surface area contributed by atoms with E-state index in [1.165, 1.54) is 24.4 Å². The Hall–Kier alpha value is -1.26. The second-order valence-electron chi connectivity index (χ2n) is 2.60. The average molecular weight is 191 g/mol. The lowest BCUT2D eigenvalue weighted by atomic mass is 10.4. The Kier molecular flexibility index (Phi) is 2.75. The molecular formula is C8H8F3NO. The van der Waals surface area contributed by atoms with Gasteiger partial charge < -0.3 is 4.57 Å². The van der Waals surface area contributed by atoms with E-state index in [1.54, 1.807) is 0 Å².